The fraction of sp³-hybridized carbons (Fsp3) is 0.176. The van der Waals surface area contributed by atoms with Crippen LogP contribution in [0.4, 0.5) is 0 Å². The Morgan fingerprint density at radius 1 is 1.14 bits per heavy atom. The molecule has 3 rings (SSSR count). The average molecular weight is 282 g/mol. The van der Waals surface area contributed by atoms with E-state index >= 15 is 0 Å². The summed E-state index contributed by atoms with van der Waals surface area (Å²) in [6.45, 7) is 2.00. The molecule has 1 aliphatic heterocycles. The van der Waals surface area contributed by atoms with Crippen LogP contribution >= 0.6 is 0 Å². The van der Waals surface area contributed by atoms with Crippen LogP contribution in [0.1, 0.15) is 22.7 Å². The summed E-state index contributed by atoms with van der Waals surface area (Å²) in [6.07, 6.45) is 2.05. The fourth-order valence-electron chi connectivity index (χ4n) is 2.52. The Labute approximate surface area is 124 Å². The number of nitrogens with one attached hydrogen (secondary N) is 2. The molecule has 0 aliphatic carbocycles. The molecule has 4 heteroatoms. The number of ether oxygens (including phenoxy) is 1. The van der Waals surface area contributed by atoms with Crippen LogP contribution < -0.4 is 15.6 Å². The molecule has 3 N–H and O–H groups in total. The number of hydrogen-bond donors (Lipinski definition) is 3. The lowest BCUT2D eigenvalue weighted by atomic mass is 10.0. The van der Waals surface area contributed by atoms with E-state index in [-0.39, 0.29) is 11.8 Å². The second-order valence-corrected chi connectivity index (χ2v) is 5.09. The number of rotatable bonds is 3. The molecule has 0 radical (unpaired) electrons. The standard InChI is InChI=1S/C17H18N2O2/c1-11-7-8-16(20)13(9-11)15-10-14(18-19-15)12-5-3-4-6-17(12)21-2/h3-10,14,18-20H,1-2H3/t14-/m1/s1. The zero-order valence-electron chi connectivity index (χ0n) is 12.1. The topological polar surface area (TPSA) is 53.5 Å². The average Bonchev–Trinajstić information content (AvgIpc) is 2.99. The molecule has 0 saturated carbocycles. The van der Waals surface area contributed by atoms with Crippen molar-refractivity contribution >= 4 is 5.70 Å². The Kier molecular flexibility index (Phi) is 3.54. The Balaban J connectivity index is 1.96. The van der Waals surface area contributed by atoms with Crippen molar-refractivity contribution in [2.24, 2.45) is 0 Å². The molecule has 2 aromatic carbocycles. The van der Waals surface area contributed by atoms with E-state index in [2.05, 4.69) is 10.9 Å². The monoisotopic (exact) mass is 282 g/mol. The molecular formula is C17H18N2O2. The first kappa shape index (κ1) is 13.5. The molecule has 4 nitrogen and oxygen atoms in total. The third-order valence-electron chi connectivity index (χ3n) is 3.61. The fourth-order valence-corrected chi connectivity index (χ4v) is 2.52. The zero-order valence-corrected chi connectivity index (χ0v) is 12.1. The third-order valence-corrected chi connectivity index (χ3v) is 3.61. The smallest absolute Gasteiger partial charge is 0.124 e. The van der Waals surface area contributed by atoms with Crippen molar-refractivity contribution in [1.29, 1.82) is 0 Å². The number of benzene rings is 2. The highest BCUT2D eigenvalue weighted by Crippen LogP contribution is 2.33. The Morgan fingerprint density at radius 2 is 1.95 bits per heavy atom. The van der Waals surface area contributed by atoms with Crippen molar-refractivity contribution in [3.05, 3.63) is 65.2 Å². The van der Waals surface area contributed by atoms with E-state index in [1.807, 2.05) is 49.4 Å². The molecule has 0 aromatic heterocycles. The highest BCUT2D eigenvalue weighted by atomic mass is 16.5. The van der Waals surface area contributed by atoms with Gasteiger partial charge in [-0.2, -0.15) is 0 Å². The number of phenolic OH excluding ortho intramolecular Hbond substituents is 1. The summed E-state index contributed by atoms with van der Waals surface area (Å²) in [5, 5.41) is 10.0. The molecule has 21 heavy (non-hydrogen) atoms. The number of hydrazine groups is 1. The summed E-state index contributed by atoms with van der Waals surface area (Å²) >= 11 is 0. The summed E-state index contributed by atoms with van der Waals surface area (Å²) in [6, 6.07) is 13.4. The summed E-state index contributed by atoms with van der Waals surface area (Å²) in [5.74, 6) is 1.10. The number of aromatic hydroxyl groups is 1. The number of phenols is 1. The van der Waals surface area contributed by atoms with E-state index < -0.39 is 0 Å². The maximum Gasteiger partial charge on any atom is 0.124 e. The Hall–Kier alpha value is -2.46. The molecule has 0 saturated heterocycles. The second-order valence-electron chi connectivity index (χ2n) is 5.09. The van der Waals surface area contributed by atoms with Gasteiger partial charge in [0.1, 0.15) is 11.5 Å². The van der Waals surface area contributed by atoms with Crippen LogP contribution in [0.25, 0.3) is 5.70 Å². The lowest BCUT2D eigenvalue weighted by molar-refractivity contribution is 0.404. The van der Waals surface area contributed by atoms with Gasteiger partial charge in [-0.15, -0.1) is 0 Å². The van der Waals surface area contributed by atoms with Crippen molar-refractivity contribution < 1.29 is 9.84 Å². The van der Waals surface area contributed by atoms with Gasteiger partial charge in [0.25, 0.3) is 0 Å². The van der Waals surface area contributed by atoms with Crippen LogP contribution in [-0.2, 0) is 0 Å². The van der Waals surface area contributed by atoms with Gasteiger partial charge in [0.05, 0.1) is 18.8 Å². The number of hydrogen-bond acceptors (Lipinski definition) is 4. The van der Waals surface area contributed by atoms with Crippen LogP contribution in [0.2, 0.25) is 0 Å². The predicted octanol–water partition coefficient (Wildman–Crippen LogP) is 2.90. The molecule has 0 spiro atoms. The van der Waals surface area contributed by atoms with Gasteiger partial charge < -0.3 is 15.3 Å². The van der Waals surface area contributed by atoms with Crippen molar-refractivity contribution in [1.82, 2.24) is 10.9 Å². The van der Waals surface area contributed by atoms with Crippen LogP contribution in [0.5, 0.6) is 11.5 Å². The number of para-hydroxylation sites is 1. The van der Waals surface area contributed by atoms with Crippen LogP contribution in [0, 0.1) is 6.92 Å². The highest BCUT2D eigenvalue weighted by molar-refractivity contribution is 5.71. The van der Waals surface area contributed by atoms with E-state index in [4.69, 9.17) is 4.74 Å². The molecule has 1 atom stereocenters. The number of methoxy groups -OCH3 is 1. The minimum absolute atomic E-state index is 0.00365. The van der Waals surface area contributed by atoms with Crippen LogP contribution in [0.15, 0.2) is 48.5 Å². The van der Waals surface area contributed by atoms with Gasteiger partial charge in [-0.1, -0.05) is 29.8 Å². The molecule has 1 heterocycles. The van der Waals surface area contributed by atoms with E-state index in [1.54, 1.807) is 13.2 Å². The largest absolute Gasteiger partial charge is 0.507 e. The van der Waals surface area contributed by atoms with E-state index in [0.29, 0.717) is 0 Å². The quantitative estimate of drug-likeness (QED) is 0.810. The molecule has 0 unspecified atom stereocenters. The Bertz CT molecular complexity index is 695. The van der Waals surface area contributed by atoms with Crippen molar-refractivity contribution in [3.8, 4) is 11.5 Å². The van der Waals surface area contributed by atoms with Gasteiger partial charge in [-0.05, 0) is 31.2 Å². The highest BCUT2D eigenvalue weighted by Gasteiger charge is 2.21. The minimum atomic E-state index is -0.00365. The van der Waals surface area contributed by atoms with Gasteiger partial charge in [-0.3, -0.25) is 0 Å². The first-order valence-electron chi connectivity index (χ1n) is 6.85. The number of aryl methyl sites for hydroxylation is 1. The van der Waals surface area contributed by atoms with Gasteiger partial charge in [0, 0.05) is 11.1 Å². The zero-order chi connectivity index (χ0) is 14.8. The van der Waals surface area contributed by atoms with E-state index in [9.17, 15) is 5.11 Å². The van der Waals surface area contributed by atoms with Gasteiger partial charge in [0.2, 0.25) is 0 Å². The minimum Gasteiger partial charge on any atom is -0.507 e. The molecule has 0 bridgehead atoms. The molecule has 0 amide bonds. The second kappa shape index (κ2) is 5.50. The predicted molar refractivity (Wildman–Crippen MR) is 82.8 cm³/mol. The van der Waals surface area contributed by atoms with E-state index in [1.165, 1.54) is 0 Å². The van der Waals surface area contributed by atoms with E-state index in [0.717, 1.165) is 28.1 Å². The molecular weight excluding hydrogens is 264 g/mol. The van der Waals surface area contributed by atoms with Gasteiger partial charge in [0.15, 0.2) is 0 Å². The Morgan fingerprint density at radius 3 is 2.76 bits per heavy atom. The maximum absolute atomic E-state index is 10.0. The lowest BCUT2D eigenvalue weighted by Gasteiger charge is -2.13. The summed E-state index contributed by atoms with van der Waals surface area (Å²) < 4.78 is 5.40. The summed E-state index contributed by atoms with van der Waals surface area (Å²) in [7, 11) is 1.66. The van der Waals surface area contributed by atoms with Crippen molar-refractivity contribution in [3.63, 3.8) is 0 Å². The first-order valence-corrected chi connectivity index (χ1v) is 6.85. The lowest BCUT2D eigenvalue weighted by Crippen LogP contribution is -2.26. The molecule has 1 aliphatic rings. The van der Waals surface area contributed by atoms with Crippen LogP contribution in [-0.4, -0.2) is 12.2 Å². The normalized spacial score (nSPS) is 17.2. The van der Waals surface area contributed by atoms with Crippen molar-refractivity contribution in [2.75, 3.05) is 7.11 Å². The van der Waals surface area contributed by atoms with Gasteiger partial charge in [-0.25, -0.2) is 5.43 Å². The third kappa shape index (κ3) is 2.58. The SMILES string of the molecule is COc1ccccc1[C@H]1C=C(c2cc(C)ccc2O)NN1. The molecule has 0 fully saturated rings. The molecule has 108 valence electrons. The molecule has 2 aromatic rings. The van der Waals surface area contributed by atoms with Crippen molar-refractivity contribution in [2.45, 2.75) is 13.0 Å². The first-order chi connectivity index (χ1) is 10.2. The van der Waals surface area contributed by atoms with Crippen LogP contribution in [0.3, 0.4) is 0 Å². The summed E-state index contributed by atoms with van der Waals surface area (Å²) in [4.78, 5) is 0. The maximum atomic E-state index is 10.0. The van der Waals surface area contributed by atoms with Gasteiger partial charge >= 0.3 is 0 Å². The summed E-state index contributed by atoms with van der Waals surface area (Å²) in [5.41, 5.74) is 10.2.